The maximum absolute atomic E-state index is 13.6. The van der Waals surface area contributed by atoms with Crippen LogP contribution >= 0.6 is 15.9 Å². The molecule has 3 N–H and O–H groups in total. The topological polar surface area (TPSA) is 55.1 Å². The number of hydrogen-bond donors (Lipinski definition) is 2. The zero-order chi connectivity index (χ0) is 14.5. The predicted octanol–water partition coefficient (Wildman–Crippen LogP) is 2.98. The van der Waals surface area contributed by atoms with E-state index in [-0.39, 0.29) is 5.56 Å². The van der Waals surface area contributed by atoms with E-state index in [4.69, 9.17) is 5.73 Å². The van der Waals surface area contributed by atoms with Gasteiger partial charge in [-0.3, -0.25) is 4.79 Å². The Morgan fingerprint density at radius 2 is 1.80 bits per heavy atom. The molecule has 3 nitrogen and oxygen atoms in total. The summed E-state index contributed by atoms with van der Waals surface area (Å²) >= 11 is 3.18. The van der Waals surface area contributed by atoms with Crippen molar-refractivity contribution in [1.82, 2.24) is 5.32 Å². The summed E-state index contributed by atoms with van der Waals surface area (Å²) in [6.07, 6.45) is 0. The summed E-state index contributed by atoms with van der Waals surface area (Å²) in [7, 11) is 0. The van der Waals surface area contributed by atoms with Gasteiger partial charge in [0.05, 0.1) is 5.56 Å². The van der Waals surface area contributed by atoms with E-state index in [2.05, 4.69) is 21.2 Å². The van der Waals surface area contributed by atoms with Crippen molar-refractivity contribution >= 4 is 21.8 Å². The van der Waals surface area contributed by atoms with Crippen LogP contribution in [-0.2, 0) is 13.1 Å². The molecule has 2 rings (SSSR count). The van der Waals surface area contributed by atoms with Crippen LogP contribution in [0.25, 0.3) is 0 Å². The average molecular weight is 337 g/mol. The van der Waals surface area contributed by atoms with Crippen LogP contribution in [0.15, 0.2) is 46.9 Å². The Hall–Kier alpha value is -1.72. The maximum Gasteiger partial charge on any atom is 0.255 e. The van der Waals surface area contributed by atoms with E-state index in [9.17, 15) is 9.18 Å². The third kappa shape index (κ3) is 3.43. The average Bonchev–Trinajstić information content (AvgIpc) is 2.45. The zero-order valence-corrected chi connectivity index (χ0v) is 12.3. The monoisotopic (exact) mass is 336 g/mol. The SMILES string of the molecule is NCc1ccc(CNC(=O)c2c(F)cccc2Br)cc1. The molecule has 0 radical (unpaired) electrons. The highest BCUT2D eigenvalue weighted by molar-refractivity contribution is 9.10. The van der Waals surface area contributed by atoms with Gasteiger partial charge in [-0.15, -0.1) is 0 Å². The molecular weight excluding hydrogens is 323 g/mol. The molecule has 5 heteroatoms. The largest absolute Gasteiger partial charge is 0.348 e. The standard InChI is InChI=1S/C15H14BrFN2O/c16-12-2-1-3-13(17)14(12)15(20)19-9-11-6-4-10(8-18)5-7-11/h1-7H,8-9,18H2,(H,19,20). The van der Waals surface area contributed by atoms with E-state index in [0.717, 1.165) is 11.1 Å². The second-order valence-corrected chi connectivity index (χ2v) is 5.15. The molecule has 0 heterocycles. The highest BCUT2D eigenvalue weighted by Crippen LogP contribution is 2.19. The number of nitrogens with one attached hydrogen (secondary N) is 1. The summed E-state index contributed by atoms with van der Waals surface area (Å²) in [6, 6.07) is 12.0. The van der Waals surface area contributed by atoms with Gasteiger partial charge in [0, 0.05) is 17.6 Å². The van der Waals surface area contributed by atoms with Crippen LogP contribution in [0.1, 0.15) is 21.5 Å². The summed E-state index contributed by atoms with van der Waals surface area (Å²) in [5.74, 6) is -0.992. The Bertz CT molecular complexity index is 594. The first-order valence-corrected chi connectivity index (χ1v) is 6.91. The van der Waals surface area contributed by atoms with Gasteiger partial charge in [0.15, 0.2) is 0 Å². The number of benzene rings is 2. The third-order valence-electron chi connectivity index (χ3n) is 2.90. The molecule has 0 unspecified atom stereocenters. The number of rotatable bonds is 4. The van der Waals surface area contributed by atoms with E-state index in [1.165, 1.54) is 6.07 Å². The van der Waals surface area contributed by atoms with Gasteiger partial charge in [0.2, 0.25) is 0 Å². The van der Waals surface area contributed by atoms with Gasteiger partial charge in [0.1, 0.15) is 5.82 Å². The van der Waals surface area contributed by atoms with Crippen LogP contribution in [0.3, 0.4) is 0 Å². The lowest BCUT2D eigenvalue weighted by atomic mass is 10.1. The molecule has 0 saturated carbocycles. The van der Waals surface area contributed by atoms with Crippen molar-refractivity contribution in [3.05, 3.63) is 69.4 Å². The molecule has 0 aromatic heterocycles. The Morgan fingerprint density at radius 3 is 2.40 bits per heavy atom. The van der Waals surface area contributed by atoms with E-state index in [0.29, 0.717) is 17.6 Å². The molecule has 0 fully saturated rings. The summed E-state index contributed by atoms with van der Waals surface area (Å²) in [5, 5.41) is 2.69. The highest BCUT2D eigenvalue weighted by atomic mass is 79.9. The molecule has 20 heavy (non-hydrogen) atoms. The number of hydrogen-bond acceptors (Lipinski definition) is 2. The molecule has 0 saturated heterocycles. The molecule has 2 aromatic rings. The van der Waals surface area contributed by atoms with E-state index in [1.807, 2.05) is 24.3 Å². The summed E-state index contributed by atoms with van der Waals surface area (Å²) in [6.45, 7) is 0.819. The smallest absolute Gasteiger partial charge is 0.255 e. The first-order valence-electron chi connectivity index (χ1n) is 6.12. The second-order valence-electron chi connectivity index (χ2n) is 4.30. The number of nitrogens with two attached hydrogens (primary N) is 1. The molecule has 0 bridgehead atoms. The zero-order valence-electron chi connectivity index (χ0n) is 10.7. The van der Waals surface area contributed by atoms with Crippen LogP contribution < -0.4 is 11.1 Å². The first-order chi connectivity index (χ1) is 9.61. The lowest BCUT2D eigenvalue weighted by molar-refractivity contribution is 0.0946. The molecular formula is C15H14BrFN2O. The summed E-state index contributed by atoms with van der Waals surface area (Å²) in [5.41, 5.74) is 7.49. The molecule has 0 aliphatic rings. The third-order valence-corrected chi connectivity index (χ3v) is 3.56. The van der Waals surface area contributed by atoms with Gasteiger partial charge >= 0.3 is 0 Å². The fraction of sp³-hybridized carbons (Fsp3) is 0.133. The van der Waals surface area contributed by atoms with Crippen LogP contribution in [0.4, 0.5) is 4.39 Å². The van der Waals surface area contributed by atoms with Crippen molar-refractivity contribution in [3.63, 3.8) is 0 Å². The van der Waals surface area contributed by atoms with Crippen LogP contribution in [0, 0.1) is 5.82 Å². The molecule has 0 aliphatic carbocycles. The quantitative estimate of drug-likeness (QED) is 0.901. The van der Waals surface area contributed by atoms with Gasteiger partial charge in [0.25, 0.3) is 5.91 Å². The minimum Gasteiger partial charge on any atom is -0.348 e. The van der Waals surface area contributed by atoms with Crippen molar-refractivity contribution in [2.75, 3.05) is 0 Å². The molecule has 0 atom stereocenters. The van der Waals surface area contributed by atoms with Crippen LogP contribution in [0.2, 0.25) is 0 Å². The van der Waals surface area contributed by atoms with E-state index >= 15 is 0 Å². The van der Waals surface area contributed by atoms with Crippen LogP contribution in [0.5, 0.6) is 0 Å². The fourth-order valence-corrected chi connectivity index (χ4v) is 2.30. The van der Waals surface area contributed by atoms with Crippen molar-refractivity contribution in [3.8, 4) is 0 Å². The Morgan fingerprint density at radius 1 is 1.15 bits per heavy atom. The van der Waals surface area contributed by atoms with Crippen molar-refractivity contribution in [2.45, 2.75) is 13.1 Å². The number of amides is 1. The summed E-state index contributed by atoms with van der Waals surface area (Å²) < 4.78 is 14.1. The molecule has 2 aromatic carbocycles. The van der Waals surface area contributed by atoms with Crippen molar-refractivity contribution < 1.29 is 9.18 Å². The highest BCUT2D eigenvalue weighted by Gasteiger charge is 2.14. The van der Waals surface area contributed by atoms with E-state index < -0.39 is 11.7 Å². The van der Waals surface area contributed by atoms with Gasteiger partial charge in [-0.25, -0.2) is 4.39 Å². The molecule has 1 amide bonds. The second kappa shape index (κ2) is 6.63. The van der Waals surface area contributed by atoms with Crippen LogP contribution in [-0.4, -0.2) is 5.91 Å². The fourth-order valence-electron chi connectivity index (χ4n) is 1.78. The normalized spacial score (nSPS) is 10.3. The maximum atomic E-state index is 13.6. The molecule has 0 aliphatic heterocycles. The predicted molar refractivity (Wildman–Crippen MR) is 79.6 cm³/mol. The number of halogens is 2. The van der Waals surface area contributed by atoms with Gasteiger partial charge in [-0.1, -0.05) is 30.3 Å². The van der Waals surface area contributed by atoms with E-state index in [1.54, 1.807) is 12.1 Å². The first kappa shape index (κ1) is 14.7. The number of carbonyl (C=O) groups excluding carboxylic acids is 1. The minimum atomic E-state index is -0.546. The Balaban J connectivity index is 2.05. The molecule has 104 valence electrons. The lowest BCUT2D eigenvalue weighted by Crippen LogP contribution is -2.24. The molecule has 0 spiro atoms. The van der Waals surface area contributed by atoms with Gasteiger partial charge in [-0.05, 0) is 39.2 Å². The summed E-state index contributed by atoms with van der Waals surface area (Å²) in [4.78, 5) is 12.0. The van der Waals surface area contributed by atoms with Gasteiger partial charge in [-0.2, -0.15) is 0 Å². The van der Waals surface area contributed by atoms with Crippen molar-refractivity contribution in [1.29, 1.82) is 0 Å². The Kier molecular flexibility index (Phi) is 4.87. The minimum absolute atomic E-state index is 0.0195. The van der Waals surface area contributed by atoms with Crippen molar-refractivity contribution in [2.24, 2.45) is 5.73 Å². The Labute approximate surface area is 125 Å². The lowest BCUT2D eigenvalue weighted by Gasteiger charge is -2.08. The number of carbonyl (C=O) groups is 1. The van der Waals surface area contributed by atoms with Gasteiger partial charge < -0.3 is 11.1 Å².